The zero-order valence-corrected chi connectivity index (χ0v) is 18.6. The SMILES string of the molecule is COc1ccc(-n2nc(C)cc2C(=O)N2CCN(c3cc(Cl)ccc3OC)CC2)cc1. The van der Waals surface area contributed by atoms with E-state index in [0.29, 0.717) is 36.9 Å². The summed E-state index contributed by atoms with van der Waals surface area (Å²) in [5.41, 5.74) is 3.11. The maximum atomic E-state index is 13.3. The maximum Gasteiger partial charge on any atom is 0.272 e. The number of anilines is 1. The van der Waals surface area contributed by atoms with Gasteiger partial charge in [0.1, 0.15) is 17.2 Å². The molecule has 0 radical (unpaired) electrons. The zero-order chi connectivity index (χ0) is 22.0. The number of ether oxygens (including phenoxy) is 2. The van der Waals surface area contributed by atoms with Gasteiger partial charge in [-0.2, -0.15) is 5.10 Å². The summed E-state index contributed by atoms with van der Waals surface area (Å²) in [7, 11) is 3.27. The lowest BCUT2D eigenvalue weighted by molar-refractivity contribution is 0.0737. The van der Waals surface area contributed by atoms with Crippen LogP contribution in [-0.4, -0.2) is 61.0 Å². The maximum absolute atomic E-state index is 13.3. The van der Waals surface area contributed by atoms with Crippen LogP contribution in [0.5, 0.6) is 11.5 Å². The van der Waals surface area contributed by atoms with Crippen LogP contribution in [0.4, 0.5) is 5.69 Å². The van der Waals surface area contributed by atoms with Gasteiger partial charge in [0.05, 0.1) is 31.3 Å². The molecular formula is C23H25ClN4O3. The first-order chi connectivity index (χ1) is 15.0. The van der Waals surface area contributed by atoms with Crippen molar-refractivity contribution < 1.29 is 14.3 Å². The van der Waals surface area contributed by atoms with Gasteiger partial charge in [0.2, 0.25) is 0 Å². The molecule has 4 rings (SSSR count). The molecule has 0 saturated carbocycles. The standard InChI is InChI=1S/C23H25ClN4O3/c1-16-14-21(28(25-16)18-5-7-19(30-2)8-6-18)23(29)27-12-10-26(11-13-27)20-15-17(24)4-9-22(20)31-3/h4-9,14-15H,10-13H2,1-3H3. The summed E-state index contributed by atoms with van der Waals surface area (Å²) in [5.74, 6) is 1.50. The number of halogens is 1. The largest absolute Gasteiger partial charge is 0.497 e. The van der Waals surface area contributed by atoms with E-state index in [2.05, 4.69) is 10.00 Å². The first-order valence-corrected chi connectivity index (χ1v) is 10.5. The van der Waals surface area contributed by atoms with Crippen LogP contribution in [-0.2, 0) is 0 Å². The normalized spacial score (nSPS) is 13.9. The predicted octanol–water partition coefficient (Wildman–Crippen LogP) is 3.81. The van der Waals surface area contributed by atoms with E-state index in [-0.39, 0.29) is 5.91 Å². The number of aryl methyl sites for hydroxylation is 1. The number of methoxy groups -OCH3 is 2. The molecular weight excluding hydrogens is 416 g/mol. The van der Waals surface area contributed by atoms with Crippen molar-refractivity contribution in [2.24, 2.45) is 0 Å². The number of nitrogens with zero attached hydrogens (tertiary/aromatic N) is 4. The third kappa shape index (κ3) is 4.32. The summed E-state index contributed by atoms with van der Waals surface area (Å²) < 4.78 is 12.4. The van der Waals surface area contributed by atoms with E-state index in [0.717, 1.165) is 28.6 Å². The number of carbonyl (C=O) groups excluding carboxylic acids is 1. The Morgan fingerprint density at radius 1 is 0.968 bits per heavy atom. The Balaban J connectivity index is 1.51. The molecule has 0 aliphatic carbocycles. The van der Waals surface area contributed by atoms with E-state index >= 15 is 0 Å². The number of rotatable bonds is 5. The van der Waals surface area contributed by atoms with Gasteiger partial charge in [-0.1, -0.05) is 11.6 Å². The minimum absolute atomic E-state index is 0.0332. The molecule has 1 aromatic heterocycles. The Bertz CT molecular complexity index is 1070. The van der Waals surface area contributed by atoms with Crippen LogP contribution in [0, 0.1) is 6.92 Å². The van der Waals surface area contributed by atoms with Crippen LogP contribution >= 0.6 is 11.6 Å². The smallest absolute Gasteiger partial charge is 0.272 e. The van der Waals surface area contributed by atoms with Gasteiger partial charge in [0.25, 0.3) is 5.91 Å². The van der Waals surface area contributed by atoms with E-state index in [1.54, 1.807) is 18.9 Å². The minimum Gasteiger partial charge on any atom is -0.497 e. The van der Waals surface area contributed by atoms with Gasteiger partial charge in [-0.05, 0) is 55.5 Å². The Hall–Kier alpha value is -3.19. The number of amides is 1. The Kier molecular flexibility index (Phi) is 6.04. The van der Waals surface area contributed by atoms with Gasteiger partial charge in [0, 0.05) is 31.2 Å². The summed E-state index contributed by atoms with van der Waals surface area (Å²) in [6, 6.07) is 14.9. The van der Waals surface area contributed by atoms with Crippen molar-refractivity contribution in [2.45, 2.75) is 6.92 Å². The molecule has 8 heteroatoms. The molecule has 0 N–H and O–H groups in total. The average molecular weight is 441 g/mol. The first kappa shape index (κ1) is 21.1. The highest BCUT2D eigenvalue weighted by atomic mass is 35.5. The quantitative estimate of drug-likeness (QED) is 0.603. The van der Waals surface area contributed by atoms with E-state index in [1.807, 2.05) is 60.4 Å². The summed E-state index contributed by atoms with van der Waals surface area (Å²) in [6.07, 6.45) is 0. The number of aromatic nitrogens is 2. The predicted molar refractivity (Wildman–Crippen MR) is 121 cm³/mol. The van der Waals surface area contributed by atoms with Gasteiger partial charge in [-0.25, -0.2) is 4.68 Å². The van der Waals surface area contributed by atoms with Gasteiger partial charge in [-0.3, -0.25) is 4.79 Å². The molecule has 2 heterocycles. The molecule has 1 saturated heterocycles. The third-order valence-electron chi connectivity index (χ3n) is 5.42. The highest BCUT2D eigenvalue weighted by molar-refractivity contribution is 6.30. The first-order valence-electron chi connectivity index (χ1n) is 10.1. The molecule has 2 aromatic carbocycles. The van der Waals surface area contributed by atoms with E-state index in [1.165, 1.54) is 0 Å². The number of hydrogen-bond acceptors (Lipinski definition) is 5. The topological polar surface area (TPSA) is 59.8 Å². The lowest BCUT2D eigenvalue weighted by atomic mass is 10.2. The third-order valence-corrected chi connectivity index (χ3v) is 5.65. The molecule has 1 aliphatic heterocycles. The summed E-state index contributed by atoms with van der Waals surface area (Å²) in [5, 5.41) is 5.19. The molecule has 7 nitrogen and oxygen atoms in total. The summed E-state index contributed by atoms with van der Waals surface area (Å²) >= 11 is 6.18. The lowest BCUT2D eigenvalue weighted by Crippen LogP contribution is -2.49. The molecule has 3 aromatic rings. The number of piperazine rings is 1. The molecule has 1 aliphatic rings. The number of carbonyl (C=O) groups is 1. The summed E-state index contributed by atoms with van der Waals surface area (Å²) in [6.45, 7) is 4.47. The van der Waals surface area contributed by atoms with E-state index < -0.39 is 0 Å². The van der Waals surface area contributed by atoms with Gasteiger partial charge >= 0.3 is 0 Å². The molecule has 0 spiro atoms. The van der Waals surface area contributed by atoms with Crippen molar-refractivity contribution >= 4 is 23.2 Å². The molecule has 0 unspecified atom stereocenters. The van der Waals surface area contributed by atoms with Gasteiger partial charge < -0.3 is 19.3 Å². The highest BCUT2D eigenvalue weighted by Crippen LogP contribution is 2.32. The van der Waals surface area contributed by atoms with Crippen molar-refractivity contribution in [1.82, 2.24) is 14.7 Å². The molecule has 0 atom stereocenters. The fraction of sp³-hybridized carbons (Fsp3) is 0.304. The molecule has 1 amide bonds. The fourth-order valence-corrected chi connectivity index (χ4v) is 3.96. The van der Waals surface area contributed by atoms with E-state index in [4.69, 9.17) is 21.1 Å². The fourth-order valence-electron chi connectivity index (χ4n) is 3.79. The van der Waals surface area contributed by atoms with Gasteiger partial charge in [0.15, 0.2) is 0 Å². The Labute approximate surface area is 186 Å². The van der Waals surface area contributed by atoms with Crippen molar-refractivity contribution in [2.75, 3.05) is 45.3 Å². The second-order valence-electron chi connectivity index (χ2n) is 7.38. The monoisotopic (exact) mass is 440 g/mol. The minimum atomic E-state index is -0.0332. The van der Waals surface area contributed by atoms with Crippen molar-refractivity contribution in [3.05, 3.63) is 64.9 Å². The Morgan fingerprint density at radius 3 is 2.32 bits per heavy atom. The second kappa shape index (κ2) is 8.89. The molecule has 0 bridgehead atoms. The van der Waals surface area contributed by atoms with Crippen molar-refractivity contribution in [3.8, 4) is 17.2 Å². The zero-order valence-electron chi connectivity index (χ0n) is 17.8. The lowest BCUT2D eigenvalue weighted by Gasteiger charge is -2.36. The molecule has 162 valence electrons. The van der Waals surface area contributed by atoms with Gasteiger partial charge in [-0.15, -0.1) is 0 Å². The molecule has 1 fully saturated rings. The van der Waals surface area contributed by atoms with Crippen molar-refractivity contribution in [3.63, 3.8) is 0 Å². The van der Waals surface area contributed by atoms with Crippen LogP contribution in [0.15, 0.2) is 48.5 Å². The second-order valence-corrected chi connectivity index (χ2v) is 7.81. The molecule has 31 heavy (non-hydrogen) atoms. The van der Waals surface area contributed by atoms with Crippen LogP contribution in [0.3, 0.4) is 0 Å². The van der Waals surface area contributed by atoms with Crippen molar-refractivity contribution in [1.29, 1.82) is 0 Å². The van der Waals surface area contributed by atoms with Crippen LogP contribution in [0.1, 0.15) is 16.2 Å². The van der Waals surface area contributed by atoms with Crippen LogP contribution in [0.25, 0.3) is 5.69 Å². The number of hydrogen-bond donors (Lipinski definition) is 0. The number of benzene rings is 2. The Morgan fingerprint density at radius 2 is 1.68 bits per heavy atom. The summed E-state index contributed by atoms with van der Waals surface area (Å²) in [4.78, 5) is 17.4. The average Bonchev–Trinajstić information content (AvgIpc) is 3.20. The highest BCUT2D eigenvalue weighted by Gasteiger charge is 2.26. The van der Waals surface area contributed by atoms with Crippen LogP contribution < -0.4 is 14.4 Å². The van der Waals surface area contributed by atoms with E-state index in [9.17, 15) is 4.79 Å². The van der Waals surface area contributed by atoms with Crippen LogP contribution in [0.2, 0.25) is 5.02 Å².